The van der Waals surface area contributed by atoms with Crippen LogP contribution in [0.2, 0.25) is 0 Å². The standard InChI is InChI=1S/C14H22N2O2S.ClH/c15-6-2-9-18-12-4-7-16(8-5-12)14(17)11-13-3-1-10-19-13;/h1,3,10,12H,2,4-9,11,15H2;1H. The first-order valence-electron chi connectivity index (χ1n) is 6.91. The third-order valence-corrected chi connectivity index (χ3v) is 4.28. The van der Waals surface area contributed by atoms with Crippen LogP contribution < -0.4 is 5.73 Å². The van der Waals surface area contributed by atoms with Crippen molar-refractivity contribution in [2.75, 3.05) is 26.2 Å². The summed E-state index contributed by atoms with van der Waals surface area (Å²) in [5.41, 5.74) is 5.44. The second kappa shape index (κ2) is 9.34. The number of piperidine rings is 1. The highest BCUT2D eigenvalue weighted by Gasteiger charge is 2.23. The number of nitrogens with zero attached hydrogens (tertiary/aromatic N) is 1. The molecule has 1 aromatic heterocycles. The van der Waals surface area contributed by atoms with Gasteiger partial charge in [0.2, 0.25) is 5.91 Å². The van der Waals surface area contributed by atoms with Crippen molar-refractivity contribution in [2.24, 2.45) is 5.73 Å². The second-order valence-corrected chi connectivity index (χ2v) is 5.88. The number of thiophene rings is 1. The third-order valence-electron chi connectivity index (χ3n) is 3.40. The van der Waals surface area contributed by atoms with Crippen LogP contribution in [0.1, 0.15) is 24.1 Å². The van der Waals surface area contributed by atoms with Gasteiger partial charge in [-0.3, -0.25) is 4.79 Å². The van der Waals surface area contributed by atoms with Crippen molar-refractivity contribution < 1.29 is 9.53 Å². The lowest BCUT2D eigenvalue weighted by Gasteiger charge is -2.32. The van der Waals surface area contributed by atoms with Crippen LogP contribution in [-0.2, 0) is 16.0 Å². The van der Waals surface area contributed by atoms with Crippen LogP contribution in [0.5, 0.6) is 0 Å². The molecule has 2 rings (SSSR count). The molecular formula is C14H23ClN2O2S. The minimum atomic E-state index is 0. The van der Waals surface area contributed by atoms with Gasteiger partial charge in [0, 0.05) is 24.6 Å². The minimum Gasteiger partial charge on any atom is -0.378 e. The molecule has 2 heterocycles. The molecule has 0 unspecified atom stereocenters. The molecule has 2 N–H and O–H groups in total. The van der Waals surface area contributed by atoms with Gasteiger partial charge in [-0.25, -0.2) is 0 Å². The van der Waals surface area contributed by atoms with E-state index in [1.165, 1.54) is 0 Å². The molecule has 4 nitrogen and oxygen atoms in total. The summed E-state index contributed by atoms with van der Waals surface area (Å²) in [6, 6.07) is 4.01. The maximum Gasteiger partial charge on any atom is 0.227 e. The molecule has 0 aromatic carbocycles. The van der Waals surface area contributed by atoms with Crippen molar-refractivity contribution in [1.29, 1.82) is 0 Å². The van der Waals surface area contributed by atoms with Gasteiger partial charge in [0.25, 0.3) is 0 Å². The van der Waals surface area contributed by atoms with Crippen molar-refractivity contribution in [3.05, 3.63) is 22.4 Å². The third kappa shape index (κ3) is 5.40. The number of halogens is 1. The molecule has 0 atom stereocenters. The van der Waals surface area contributed by atoms with Crippen molar-refractivity contribution in [2.45, 2.75) is 31.8 Å². The Bertz CT molecular complexity index is 379. The maximum atomic E-state index is 12.1. The Morgan fingerprint density at radius 3 is 2.80 bits per heavy atom. The average molecular weight is 319 g/mol. The highest BCUT2D eigenvalue weighted by molar-refractivity contribution is 7.10. The second-order valence-electron chi connectivity index (χ2n) is 4.85. The summed E-state index contributed by atoms with van der Waals surface area (Å²) in [6.07, 6.45) is 3.65. The van der Waals surface area contributed by atoms with Crippen LogP contribution in [0.15, 0.2) is 17.5 Å². The number of ether oxygens (including phenoxy) is 1. The van der Waals surface area contributed by atoms with Crippen LogP contribution in [0, 0.1) is 0 Å². The summed E-state index contributed by atoms with van der Waals surface area (Å²) in [4.78, 5) is 15.2. The van der Waals surface area contributed by atoms with E-state index in [0.717, 1.165) is 43.8 Å². The molecule has 0 spiro atoms. The van der Waals surface area contributed by atoms with Gasteiger partial charge < -0.3 is 15.4 Å². The van der Waals surface area contributed by atoms with Crippen LogP contribution >= 0.6 is 23.7 Å². The molecule has 0 aliphatic carbocycles. The lowest BCUT2D eigenvalue weighted by atomic mass is 10.1. The summed E-state index contributed by atoms with van der Waals surface area (Å²) in [5.74, 6) is 0.239. The number of hydrogen-bond donors (Lipinski definition) is 1. The van der Waals surface area contributed by atoms with E-state index in [1.54, 1.807) is 11.3 Å². The van der Waals surface area contributed by atoms with Gasteiger partial charge >= 0.3 is 0 Å². The molecule has 114 valence electrons. The van der Waals surface area contributed by atoms with Crippen molar-refractivity contribution in [1.82, 2.24) is 4.90 Å². The Morgan fingerprint density at radius 1 is 1.45 bits per heavy atom. The van der Waals surface area contributed by atoms with E-state index in [4.69, 9.17) is 10.5 Å². The number of nitrogens with two attached hydrogens (primary N) is 1. The lowest BCUT2D eigenvalue weighted by molar-refractivity contribution is -0.133. The molecule has 0 radical (unpaired) electrons. The fraction of sp³-hybridized carbons (Fsp3) is 0.643. The van der Waals surface area contributed by atoms with Crippen molar-refractivity contribution in [3.8, 4) is 0 Å². The van der Waals surface area contributed by atoms with Crippen molar-refractivity contribution in [3.63, 3.8) is 0 Å². The number of hydrogen-bond acceptors (Lipinski definition) is 4. The molecule has 6 heteroatoms. The van der Waals surface area contributed by atoms with Gasteiger partial charge in [0.05, 0.1) is 12.5 Å². The zero-order chi connectivity index (χ0) is 13.5. The first kappa shape index (κ1) is 17.4. The molecule has 1 aliphatic rings. The zero-order valence-electron chi connectivity index (χ0n) is 11.6. The van der Waals surface area contributed by atoms with Crippen LogP contribution in [0.25, 0.3) is 0 Å². The molecule has 1 fully saturated rings. The monoisotopic (exact) mass is 318 g/mol. The Labute approximate surface area is 130 Å². The predicted octanol–water partition coefficient (Wildman–Crippen LogP) is 2.07. The highest BCUT2D eigenvalue weighted by atomic mass is 35.5. The van der Waals surface area contributed by atoms with Crippen LogP contribution in [0.4, 0.5) is 0 Å². The molecule has 1 amide bonds. The topological polar surface area (TPSA) is 55.6 Å². The molecule has 0 saturated carbocycles. The number of amides is 1. The molecule has 1 aromatic rings. The largest absolute Gasteiger partial charge is 0.378 e. The Balaban J connectivity index is 0.00000200. The van der Waals surface area contributed by atoms with Crippen molar-refractivity contribution >= 4 is 29.7 Å². The van der Waals surface area contributed by atoms with E-state index in [0.29, 0.717) is 19.1 Å². The Kier molecular flexibility index (Phi) is 8.14. The maximum absolute atomic E-state index is 12.1. The summed E-state index contributed by atoms with van der Waals surface area (Å²) >= 11 is 1.65. The Morgan fingerprint density at radius 2 is 2.20 bits per heavy atom. The SMILES string of the molecule is Cl.NCCCOC1CCN(C(=O)Cc2cccs2)CC1. The highest BCUT2D eigenvalue weighted by Crippen LogP contribution is 2.16. The van der Waals surface area contributed by atoms with Gasteiger partial charge in [-0.15, -0.1) is 23.7 Å². The van der Waals surface area contributed by atoms with E-state index < -0.39 is 0 Å². The van der Waals surface area contributed by atoms with Gasteiger partial charge in [-0.1, -0.05) is 6.07 Å². The van der Waals surface area contributed by atoms with Gasteiger partial charge in [0.15, 0.2) is 0 Å². The summed E-state index contributed by atoms with van der Waals surface area (Å²) in [7, 11) is 0. The number of carbonyl (C=O) groups is 1. The van der Waals surface area contributed by atoms with Crippen LogP contribution in [-0.4, -0.2) is 43.2 Å². The molecule has 20 heavy (non-hydrogen) atoms. The van der Waals surface area contributed by atoms with E-state index in [-0.39, 0.29) is 18.3 Å². The molecule has 1 aliphatic heterocycles. The molecule has 1 saturated heterocycles. The molecular weight excluding hydrogens is 296 g/mol. The van der Waals surface area contributed by atoms with E-state index >= 15 is 0 Å². The predicted molar refractivity (Wildman–Crippen MR) is 84.5 cm³/mol. The van der Waals surface area contributed by atoms with E-state index in [2.05, 4.69) is 0 Å². The quantitative estimate of drug-likeness (QED) is 0.817. The summed E-state index contributed by atoms with van der Waals surface area (Å²) in [6.45, 7) is 3.05. The fourth-order valence-electron chi connectivity index (χ4n) is 2.28. The average Bonchev–Trinajstić information content (AvgIpc) is 2.93. The normalized spacial score (nSPS) is 15.9. The fourth-order valence-corrected chi connectivity index (χ4v) is 2.98. The molecule has 0 bridgehead atoms. The Hall–Kier alpha value is -0.620. The first-order valence-corrected chi connectivity index (χ1v) is 7.79. The zero-order valence-corrected chi connectivity index (χ0v) is 13.3. The number of rotatable bonds is 6. The van der Waals surface area contributed by atoms with E-state index in [9.17, 15) is 4.79 Å². The number of likely N-dealkylation sites (tertiary alicyclic amines) is 1. The van der Waals surface area contributed by atoms with Gasteiger partial charge in [-0.2, -0.15) is 0 Å². The lowest BCUT2D eigenvalue weighted by Crippen LogP contribution is -2.41. The first-order chi connectivity index (χ1) is 9.29. The minimum absolute atomic E-state index is 0. The van der Waals surface area contributed by atoms with Gasteiger partial charge in [0.1, 0.15) is 0 Å². The van der Waals surface area contributed by atoms with E-state index in [1.807, 2.05) is 22.4 Å². The van der Waals surface area contributed by atoms with Gasteiger partial charge in [-0.05, 0) is 37.3 Å². The summed E-state index contributed by atoms with van der Waals surface area (Å²) in [5, 5.41) is 2.01. The van der Waals surface area contributed by atoms with Crippen LogP contribution in [0.3, 0.4) is 0 Å². The summed E-state index contributed by atoms with van der Waals surface area (Å²) < 4.78 is 5.74. The number of carbonyl (C=O) groups excluding carboxylic acids is 1. The smallest absolute Gasteiger partial charge is 0.227 e.